The lowest BCUT2D eigenvalue weighted by Gasteiger charge is -2.26. The van der Waals surface area contributed by atoms with Crippen molar-refractivity contribution in [2.24, 2.45) is 0 Å². The van der Waals surface area contributed by atoms with Crippen LogP contribution in [-0.4, -0.2) is 56.1 Å². The maximum absolute atomic E-state index is 11.3. The van der Waals surface area contributed by atoms with Crippen LogP contribution >= 0.6 is 11.6 Å². The number of halogens is 1. The Morgan fingerprint density at radius 3 is 2.72 bits per heavy atom. The molecule has 0 atom stereocenters. The summed E-state index contributed by atoms with van der Waals surface area (Å²) in [5, 5.41) is 15.6. The summed E-state index contributed by atoms with van der Waals surface area (Å²) in [6.07, 6.45) is 0. The largest absolute Gasteiger partial charge is 0.456 e. The van der Waals surface area contributed by atoms with Crippen molar-refractivity contribution in [3.63, 3.8) is 0 Å². The topological polar surface area (TPSA) is 90.6 Å². The standard InChI is InChI=1S/C28H29ClN4O3/c29-17-27(34)32-9-8-31-22-5-7-24-26(16-22)36-25-15-21(30)4-6-23(25)28(24)20-3-1-2-19(14-20)18-33-10-12-35-13-11-33/h1-7,14-16,30-31H,8-13,17-18H2,(H,32,34). The van der Waals surface area contributed by atoms with Gasteiger partial charge in [0.05, 0.1) is 18.6 Å². The molecule has 1 amide bonds. The fourth-order valence-electron chi connectivity index (χ4n) is 4.61. The summed E-state index contributed by atoms with van der Waals surface area (Å²) in [5.41, 5.74) is 6.07. The van der Waals surface area contributed by atoms with Gasteiger partial charge in [0.2, 0.25) is 5.91 Å². The van der Waals surface area contributed by atoms with Crippen molar-refractivity contribution in [3.8, 4) is 22.5 Å². The van der Waals surface area contributed by atoms with E-state index in [-0.39, 0.29) is 11.8 Å². The van der Waals surface area contributed by atoms with Crippen LogP contribution in [-0.2, 0) is 16.1 Å². The molecule has 0 unspecified atom stereocenters. The summed E-state index contributed by atoms with van der Waals surface area (Å²) in [5.74, 6) is 0.441. The van der Waals surface area contributed by atoms with Gasteiger partial charge < -0.3 is 25.2 Å². The van der Waals surface area contributed by atoms with E-state index in [0.29, 0.717) is 24.2 Å². The van der Waals surface area contributed by atoms with Crippen molar-refractivity contribution in [1.82, 2.24) is 10.2 Å². The first kappa shape index (κ1) is 24.3. The number of amides is 1. The fraction of sp³-hybridized carbons (Fsp3) is 0.286. The van der Waals surface area contributed by atoms with E-state index in [4.69, 9.17) is 26.2 Å². The number of hydrogen-bond donors (Lipinski definition) is 3. The van der Waals surface area contributed by atoms with Crippen LogP contribution in [0, 0.1) is 5.41 Å². The van der Waals surface area contributed by atoms with Crippen LogP contribution in [0.2, 0.25) is 0 Å². The van der Waals surface area contributed by atoms with Crippen molar-refractivity contribution in [2.75, 3.05) is 50.6 Å². The van der Waals surface area contributed by atoms with E-state index in [1.165, 1.54) is 5.56 Å². The van der Waals surface area contributed by atoms with E-state index in [0.717, 1.165) is 66.2 Å². The van der Waals surface area contributed by atoms with E-state index in [9.17, 15) is 4.79 Å². The molecular formula is C28H29ClN4O3. The molecule has 186 valence electrons. The van der Waals surface area contributed by atoms with Crippen LogP contribution in [0.5, 0.6) is 0 Å². The van der Waals surface area contributed by atoms with Gasteiger partial charge in [0.25, 0.3) is 0 Å². The van der Waals surface area contributed by atoms with Gasteiger partial charge >= 0.3 is 0 Å². The third-order valence-corrected chi connectivity index (χ3v) is 6.59. The first-order valence-electron chi connectivity index (χ1n) is 12.1. The van der Waals surface area contributed by atoms with Crippen LogP contribution in [0.25, 0.3) is 33.4 Å². The molecular weight excluding hydrogens is 476 g/mol. The van der Waals surface area contributed by atoms with E-state index < -0.39 is 0 Å². The van der Waals surface area contributed by atoms with Gasteiger partial charge in [-0.25, -0.2) is 0 Å². The number of carbonyl (C=O) groups excluding carboxylic acids is 1. The average Bonchev–Trinajstić information content (AvgIpc) is 2.90. The van der Waals surface area contributed by atoms with Crippen molar-refractivity contribution in [3.05, 3.63) is 71.6 Å². The summed E-state index contributed by atoms with van der Waals surface area (Å²) in [7, 11) is 0. The Morgan fingerprint density at radius 1 is 1.03 bits per heavy atom. The number of nitrogens with one attached hydrogen (secondary N) is 3. The van der Waals surface area contributed by atoms with E-state index in [1.54, 1.807) is 12.1 Å². The van der Waals surface area contributed by atoms with E-state index in [2.05, 4.69) is 45.9 Å². The lowest BCUT2D eigenvalue weighted by atomic mass is 9.92. The molecule has 1 aliphatic carbocycles. The van der Waals surface area contributed by atoms with Gasteiger partial charge in [0, 0.05) is 67.1 Å². The van der Waals surface area contributed by atoms with Gasteiger partial charge in [-0.1, -0.05) is 18.2 Å². The molecule has 1 saturated heterocycles. The Balaban J connectivity index is 1.50. The Labute approximate surface area is 214 Å². The molecule has 0 bridgehead atoms. The lowest BCUT2D eigenvalue weighted by Crippen LogP contribution is -2.35. The van der Waals surface area contributed by atoms with Crippen molar-refractivity contribution >= 4 is 34.2 Å². The third-order valence-electron chi connectivity index (χ3n) is 6.35. The summed E-state index contributed by atoms with van der Waals surface area (Å²) in [6, 6.07) is 20.3. The quantitative estimate of drug-likeness (QED) is 0.189. The molecule has 2 aromatic carbocycles. The number of rotatable bonds is 8. The normalized spacial score (nSPS) is 14.2. The summed E-state index contributed by atoms with van der Waals surface area (Å²) >= 11 is 5.53. The first-order chi connectivity index (χ1) is 17.6. The van der Waals surface area contributed by atoms with Crippen LogP contribution in [0.1, 0.15) is 5.56 Å². The zero-order valence-electron chi connectivity index (χ0n) is 20.0. The summed E-state index contributed by atoms with van der Waals surface area (Å²) in [6.45, 7) is 5.36. The van der Waals surface area contributed by atoms with E-state index >= 15 is 0 Å². The van der Waals surface area contributed by atoms with E-state index in [1.807, 2.05) is 18.2 Å². The second kappa shape index (κ2) is 11.1. The minimum Gasteiger partial charge on any atom is -0.456 e. The van der Waals surface area contributed by atoms with Crippen molar-refractivity contribution < 1.29 is 13.9 Å². The molecule has 1 fully saturated rings. The molecule has 7 nitrogen and oxygen atoms in total. The van der Waals surface area contributed by atoms with Gasteiger partial charge in [-0.15, -0.1) is 11.6 Å². The number of benzene rings is 3. The molecule has 5 rings (SSSR count). The first-order valence-corrected chi connectivity index (χ1v) is 12.7. The highest BCUT2D eigenvalue weighted by Gasteiger charge is 2.18. The molecule has 36 heavy (non-hydrogen) atoms. The predicted octanol–water partition coefficient (Wildman–Crippen LogP) is 4.28. The van der Waals surface area contributed by atoms with Gasteiger partial charge in [-0.05, 0) is 41.5 Å². The number of hydrogen-bond acceptors (Lipinski definition) is 6. The second-order valence-electron chi connectivity index (χ2n) is 8.90. The Morgan fingerprint density at radius 2 is 1.89 bits per heavy atom. The van der Waals surface area contributed by atoms with Crippen LogP contribution < -0.4 is 16.0 Å². The highest BCUT2D eigenvalue weighted by atomic mass is 35.5. The van der Waals surface area contributed by atoms with Gasteiger partial charge in [0.15, 0.2) is 0 Å². The minimum absolute atomic E-state index is 0.0453. The number of anilines is 1. The molecule has 2 aromatic rings. The number of nitrogens with zero attached hydrogens (tertiary/aromatic N) is 1. The molecule has 3 aliphatic rings. The minimum atomic E-state index is -0.190. The Kier molecular flexibility index (Phi) is 7.51. The molecule has 8 heteroatoms. The maximum Gasteiger partial charge on any atom is 0.234 e. The van der Waals surface area contributed by atoms with Gasteiger partial charge in [0.1, 0.15) is 17.2 Å². The number of morpholine rings is 1. The molecule has 0 saturated carbocycles. The fourth-order valence-corrected chi connectivity index (χ4v) is 4.70. The lowest BCUT2D eigenvalue weighted by molar-refractivity contribution is -0.118. The third kappa shape index (κ3) is 5.54. The Bertz CT molecular complexity index is 1400. The van der Waals surface area contributed by atoms with Gasteiger partial charge in [-0.2, -0.15) is 0 Å². The van der Waals surface area contributed by atoms with Crippen molar-refractivity contribution in [1.29, 1.82) is 5.41 Å². The van der Waals surface area contributed by atoms with Crippen LogP contribution in [0.15, 0.2) is 65.1 Å². The zero-order chi connectivity index (χ0) is 24.9. The predicted molar refractivity (Wildman–Crippen MR) is 142 cm³/mol. The van der Waals surface area contributed by atoms with Crippen molar-refractivity contribution in [2.45, 2.75) is 6.54 Å². The number of fused-ring (bicyclic) bond motifs is 2. The zero-order valence-corrected chi connectivity index (χ0v) is 20.7. The molecule has 2 heterocycles. The SMILES string of the molecule is N=c1ccc2c(-c3cccc(CN4CCOCC4)c3)c3ccc(NCCNC(=O)CCl)cc3oc-2c1. The molecule has 2 aliphatic heterocycles. The number of ether oxygens (including phenoxy) is 1. The smallest absolute Gasteiger partial charge is 0.234 e. The Hall–Kier alpha value is -3.39. The number of alkyl halides is 1. The average molecular weight is 505 g/mol. The molecule has 0 spiro atoms. The van der Waals surface area contributed by atoms with Gasteiger partial charge in [-0.3, -0.25) is 9.69 Å². The highest BCUT2D eigenvalue weighted by molar-refractivity contribution is 6.27. The molecule has 3 N–H and O–H groups in total. The molecule has 0 aromatic heterocycles. The van der Waals surface area contributed by atoms with Crippen LogP contribution in [0.4, 0.5) is 5.69 Å². The second-order valence-corrected chi connectivity index (χ2v) is 9.17. The number of carbonyl (C=O) groups is 1. The monoisotopic (exact) mass is 504 g/mol. The maximum atomic E-state index is 11.3. The summed E-state index contributed by atoms with van der Waals surface area (Å²) < 4.78 is 11.8. The highest BCUT2D eigenvalue weighted by Crippen LogP contribution is 2.40. The van der Waals surface area contributed by atoms with Crippen LogP contribution in [0.3, 0.4) is 0 Å². The summed E-state index contributed by atoms with van der Waals surface area (Å²) in [4.78, 5) is 13.8. The molecule has 0 radical (unpaired) electrons.